The maximum atomic E-state index is 16.4. The third kappa shape index (κ3) is 7.41. The van der Waals surface area contributed by atoms with Gasteiger partial charge in [0, 0.05) is 54.4 Å². The van der Waals surface area contributed by atoms with Crippen molar-refractivity contribution >= 4 is 63.6 Å². The molecule has 16 heteroatoms. The van der Waals surface area contributed by atoms with E-state index in [1.165, 1.54) is 16.3 Å². The fourth-order valence-electron chi connectivity index (χ4n) is 12.8. The summed E-state index contributed by atoms with van der Waals surface area (Å²) in [4.78, 5) is 74.0. The van der Waals surface area contributed by atoms with Crippen LogP contribution >= 0.6 is 23.2 Å². The van der Waals surface area contributed by atoms with Gasteiger partial charge in [0.05, 0.1) is 17.1 Å². The normalized spacial score (nSPS) is 29.0. The summed E-state index contributed by atoms with van der Waals surface area (Å²) in [5.74, 6) is -2.06. The number of imide groups is 1. The first-order chi connectivity index (χ1) is 31.1. The number of carbonyl (C=O) groups is 4. The van der Waals surface area contributed by atoms with Crippen LogP contribution in [-0.2, 0) is 31.6 Å². The van der Waals surface area contributed by atoms with E-state index < -0.39 is 40.7 Å². The second-order valence-corrected chi connectivity index (χ2v) is 21.3. The Kier molecular flexibility index (Phi) is 11.3. The van der Waals surface area contributed by atoms with Crippen LogP contribution in [0.5, 0.6) is 0 Å². The molecule has 4 aromatic rings. The predicted molar refractivity (Wildman–Crippen MR) is 247 cm³/mol. The Labute approximate surface area is 387 Å². The van der Waals surface area contributed by atoms with Gasteiger partial charge in [-0.2, -0.15) is 0 Å². The van der Waals surface area contributed by atoms with Crippen LogP contribution in [0.3, 0.4) is 0 Å². The fourth-order valence-corrected chi connectivity index (χ4v) is 13.1. The molecule has 4 N–H and O–H groups in total. The highest BCUT2D eigenvalue weighted by molar-refractivity contribution is 6.31. The zero-order chi connectivity index (χ0) is 45.6. The summed E-state index contributed by atoms with van der Waals surface area (Å²) in [6.07, 6.45) is 10.4. The van der Waals surface area contributed by atoms with Gasteiger partial charge in [0.1, 0.15) is 11.5 Å². The molecule has 344 valence electrons. The average Bonchev–Trinajstić information content (AvgIpc) is 3.84. The van der Waals surface area contributed by atoms with Crippen molar-refractivity contribution in [2.75, 3.05) is 25.0 Å². The van der Waals surface area contributed by atoms with Crippen molar-refractivity contribution in [2.45, 2.75) is 132 Å². The lowest BCUT2D eigenvalue weighted by atomic mass is 9.53. The Balaban J connectivity index is 0.811. The molecule has 0 radical (unpaired) electrons. The topological polar surface area (TPSA) is 159 Å². The Morgan fingerprint density at radius 3 is 2.35 bits per heavy atom. The molecular weight excluding hydrogens is 870 g/mol. The number of nitrogens with zero attached hydrogens (tertiary/aromatic N) is 4. The zero-order valence-corrected chi connectivity index (χ0v) is 38.7. The van der Waals surface area contributed by atoms with E-state index in [0.29, 0.717) is 52.9 Å². The number of anilines is 1. The monoisotopic (exact) mass is 926 g/mol. The van der Waals surface area contributed by atoms with Gasteiger partial charge in [-0.25, -0.2) is 14.2 Å². The second kappa shape index (κ2) is 16.6. The van der Waals surface area contributed by atoms with Gasteiger partial charge in [-0.3, -0.25) is 38.9 Å². The smallest absolute Gasteiger partial charge is 0.329 e. The average molecular weight is 928 g/mol. The van der Waals surface area contributed by atoms with Crippen molar-refractivity contribution in [3.63, 3.8) is 0 Å². The molecule has 2 saturated carbocycles. The summed E-state index contributed by atoms with van der Waals surface area (Å²) in [5, 5.41) is 12.8. The summed E-state index contributed by atoms with van der Waals surface area (Å²) in [6.45, 7) is 7.37. The van der Waals surface area contributed by atoms with E-state index in [9.17, 15) is 24.0 Å². The van der Waals surface area contributed by atoms with Gasteiger partial charge in [-0.15, -0.1) is 0 Å². The SMILES string of the molecule is Cn1c(=O)n(C2CCC(=O)NC2=O)c2ccc(C3CCN(CC4CCC(NC(=O)[C@@H]5NC6(CCC(C)(C)CC6)[C@@]6(C(=O)Nc7cc(Cl)ccc76)[C@H]5c5ccnc(Cl)c5F)CC4)CC3)cc21. The van der Waals surface area contributed by atoms with Crippen LogP contribution in [0.4, 0.5) is 10.1 Å². The number of amides is 4. The van der Waals surface area contributed by atoms with E-state index in [-0.39, 0.29) is 52.0 Å². The number of pyridine rings is 1. The molecule has 6 aliphatic rings. The molecule has 13 nitrogen and oxygen atoms in total. The van der Waals surface area contributed by atoms with Gasteiger partial charge in [0.15, 0.2) is 11.0 Å². The minimum atomic E-state index is -1.32. The van der Waals surface area contributed by atoms with E-state index in [1.54, 1.807) is 29.8 Å². The van der Waals surface area contributed by atoms with E-state index in [2.05, 4.69) is 57.1 Å². The van der Waals surface area contributed by atoms with Crippen LogP contribution in [0.1, 0.15) is 125 Å². The van der Waals surface area contributed by atoms with Crippen molar-refractivity contribution in [3.8, 4) is 0 Å². The molecule has 2 spiro atoms. The Morgan fingerprint density at radius 1 is 0.892 bits per heavy atom. The quantitative estimate of drug-likeness (QED) is 0.114. The van der Waals surface area contributed by atoms with Gasteiger partial charge < -0.3 is 15.5 Å². The molecule has 10 rings (SSSR count). The third-order valence-electron chi connectivity index (χ3n) is 16.4. The maximum Gasteiger partial charge on any atom is 0.329 e. The van der Waals surface area contributed by atoms with E-state index in [0.717, 1.165) is 76.5 Å². The predicted octanol–water partition coefficient (Wildman–Crippen LogP) is 7.00. The molecule has 2 aliphatic carbocycles. The zero-order valence-electron chi connectivity index (χ0n) is 37.2. The maximum absolute atomic E-state index is 16.4. The van der Waals surface area contributed by atoms with Crippen LogP contribution < -0.4 is 27.0 Å². The Morgan fingerprint density at radius 2 is 1.63 bits per heavy atom. The molecule has 1 unspecified atom stereocenters. The molecule has 2 aromatic carbocycles. The van der Waals surface area contributed by atoms with Crippen LogP contribution in [0.15, 0.2) is 53.5 Å². The number of carbonyl (C=O) groups excluding carboxylic acids is 4. The largest absolute Gasteiger partial charge is 0.352 e. The molecule has 6 heterocycles. The number of nitrogens with one attached hydrogen (secondary N) is 4. The molecular formula is C49H57Cl2FN8O5. The number of imidazole rings is 1. The number of aromatic nitrogens is 3. The molecule has 5 fully saturated rings. The van der Waals surface area contributed by atoms with Crippen molar-refractivity contribution < 1.29 is 23.6 Å². The van der Waals surface area contributed by atoms with Crippen molar-refractivity contribution in [1.82, 2.24) is 35.0 Å². The highest BCUT2D eigenvalue weighted by Crippen LogP contribution is 2.64. The van der Waals surface area contributed by atoms with Gasteiger partial charge in [-0.1, -0.05) is 49.2 Å². The number of piperidine rings is 2. The minimum Gasteiger partial charge on any atom is -0.352 e. The lowest BCUT2D eigenvalue weighted by Crippen LogP contribution is -2.61. The highest BCUT2D eigenvalue weighted by atomic mass is 35.5. The number of aryl methyl sites for hydroxylation is 1. The van der Waals surface area contributed by atoms with Crippen molar-refractivity contribution in [2.24, 2.45) is 18.4 Å². The van der Waals surface area contributed by atoms with Gasteiger partial charge >= 0.3 is 5.69 Å². The summed E-state index contributed by atoms with van der Waals surface area (Å²) in [5.41, 5.74) is 1.76. The molecule has 4 atom stereocenters. The number of fused-ring (bicyclic) bond motifs is 4. The summed E-state index contributed by atoms with van der Waals surface area (Å²) in [7, 11) is 1.73. The van der Waals surface area contributed by atoms with Crippen LogP contribution in [0.2, 0.25) is 10.2 Å². The first kappa shape index (κ1) is 44.2. The molecule has 0 bridgehead atoms. The first-order valence-electron chi connectivity index (χ1n) is 23.4. The van der Waals surface area contributed by atoms with Gasteiger partial charge in [-0.05, 0) is 148 Å². The second-order valence-electron chi connectivity index (χ2n) is 20.5. The summed E-state index contributed by atoms with van der Waals surface area (Å²) in [6, 6.07) is 11.4. The van der Waals surface area contributed by atoms with Gasteiger partial charge in [0.25, 0.3) is 0 Å². The van der Waals surface area contributed by atoms with E-state index >= 15 is 4.39 Å². The van der Waals surface area contributed by atoms with Crippen molar-refractivity contribution in [1.29, 1.82) is 0 Å². The lowest BCUT2D eigenvalue weighted by molar-refractivity contribution is -0.136. The van der Waals surface area contributed by atoms with E-state index in [1.807, 2.05) is 12.1 Å². The third-order valence-corrected chi connectivity index (χ3v) is 16.9. The number of rotatable bonds is 7. The number of hydrogen-bond acceptors (Lipinski definition) is 8. The van der Waals surface area contributed by atoms with Crippen molar-refractivity contribution in [3.05, 3.63) is 91.8 Å². The molecule has 65 heavy (non-hydrogen) atoms. The molecule has 4 aliphatic heterocycles. The first-order valence-corrected chi connectivity index (χ1v) is 24.1. The lowest BCUT2D eigenvalue weighted by Gasteiger charge is -2.50. The number of likely N-dealkylation sites (tertiary alicyclic amines) is 1. The standard InChI is InChI=1S/C49H57Cl2FN8O5/c1-47(2)17-19-48(20-18-47)49(33-10-7-30(50)25-34(33)55-45(49)64)39(32-14-21-53-42(51)40(32)52)41(57-48)44(63)54-31-8-4-27(5-9-31)26-59-22-15-28(16-23-59)29-6-11-35-37(24-29)58(3)46(65)60(35)36-12-13-38(61)56-43(36)62/h6-7,10-11,14,21,24-25,27-28,31,36,39,41,57H,4-5,8-9,12-13,15-20,22-23,26H2,1-3H3,(H,54,63)(H,55,64)(H,56,61,62)/t27?,31?,36?,39-,41+,49+/m0/s1. The fraction of sp³-hybridized carbons (Fsp3) is 0.551. The van der Waals surface area contributed by atoms with Crippen LogP contribution in [0.25, 0.3) is 11.0 Å². The Bertz CT molecular complexity index is 2660. The number of hydrogen-bond donors (Lipinski definition) is 4. The number of benzene rings is 2. The highest BCUT2D eigenvalue weighted by Gasteiger charge is 2.73. The molecule has 4 amide bonds. The van der Waals surface area contributed by atoms with Crippen LogP contribution in [-0.4, -0.2) is 79.9 Å². The number of halogens is 3. The van der Waals surface area contributed by atoms with Gasteiger partial charge in [0.2, 0.25) is 23.6 Å². The van der Waals surface area contributed by atoms with Crippen LogP contribution in [0, 0.1) is 17.2 Å². The molecule has 2 aromatic heterocycles. The summed E-state index contributed by atoms with van der Waals surface area (Å²) < 4.78 is 19.5. The Hall–Kier alpha value is -4.63. The minimum absolute atomic E-state index is 0.0366. The van der Waals surface area contributed by atoms with E-state index in [4.69, 9.17) is 23.2 Å². The molecule has 3 saturated heterocycles. The summed E-state index contributed by atoms with van der Waals surface area (Å²) >= 11 is 12.8.